The van der Waals surface area contributed by atoms with Crippen LogP contribution in [0.1, 0.15) is 21.7 Å². The third-order valence-electron chi connectivity index (χ3n) is 6.49. The molecule has 0 bridgehead atoms. The second-order valence-electron chi connectivity index (χ2n) is 8.93. The molecule has 1 fully saturated rings. The van der Waals surface area contributed by atoms with Gasteiger partial charge in [-0.15, -0.1) is 0 Å². The molecule has 0 spiro atoms. The average Bonchev–Trinajstić information content (AvgIpc) is 3.28. The Bertz CT molecular complexity index is 1340. The van der Waals surface area contributed by atoms with Crippen molar-refractivity contribution in [1.82, 2.24) is 9.80 Å². The van der Waals surface area contributed by atoms with E-state index in [1.165, 1.54) is 5.56 Å². The lowest BCUT2D eigenvalue weighted by Crippen LogP contribution is -2.48. The Balaban J connectivity index is 1.29. The molecule has 5 rings (SSSR count). The number of methoxy groups -OCH3 is 1. The maximum Gasteiger partial charge on any atom is 0.291 e. The Kier molecular flexibility index (Phi) is 7.00. The van der Waals surface area contributed by atoms with Crippen molar-refractivity contribution >= 4 is 28.5 Å². The van der Waals surface area contributed by atoms with Crippen molar-refractivity contribution in [2.45, 2.75) is 13.0 Å². The van der Waals surface area contributed by atoms with E-state index in [-0.39, 0.29) is 24.0 Å². The quantitative estimate of drug-likeness (QED) is 0.417. The minimum atomic E-state index is -0.214. The van der Waals surface area contributed by atoms with Gasteiger partial charge in [0.2, 0.25) is 11.7 Å². The highest BCUT2D eigenvalue weighted by Gasteiger charge is 2.29. The third-order valence-corrected chi connectivity index (χ3v) is 6.49. The van der Waals surface area contributed by atoms with E-state index in [2.05, 4.69) is 22.3 Å². The molecule has 3 aromatic carbocycles. The van der Waals surface area contributed by atoms with Crippen LogP contribution in [-0.4, -0.2) is 54.9 Å². The summed E-state index contributed by atoms with van der Waals surface area (Å²) in [7, 11) is 1.60. The van der Waals surface area contributed by atoms with E-state index < -0.39 is 0 Å². The number of carbonyl (C=O) groups excluding carboxylic acids is 2. The van der Waals surface area contributed by atoms with Crippen LogP contribution in [0.2, 0.25) is 0 Å². The maximum absolute atomic E-state index is 13.5. The molecule has 1 aromatic heterocycles. The molecule has 184 valence electrons. The number of hydrogen-bond donors (Lipinski definition) is 1. The topological polar surface area (TPSA) is 75.0 Å². The summed E-state index contributed by atoms with van der Waals surface area (Å²) in [6.45, 7) is 3.62. The standard InChI is InChI=1S/C29H29N3O4/c1-35-23-13-11-21(12-14-23)19-26(33)30-27-24-9-5-6-10-25(24)36-28(27)29(34)32-17-15-31(16-18-32)20-22-7-3-2-4-8-22/h2-14H,15-20H2,1H3,(H,30,33). The number of benzene rings is 3. The first-order valence-corrected chi connectivity index (χ1v) is 12.1. The van der Waals surface area contributed by atoms with Crippen LogP contribution >= 0.6 is 0 Å². The van der Waals surface area contributed by atoms with Crippen molar-refractivity contribution in [1.29, 1.82) is 0 Å². The van der Waals surface area contributed by atoms with Crippen LogP contribution in [-0.2, 0) is 17.8 Å². The summed E-state index contributed by atoms with van der Waals surface area (Å²) in [4.78, 5) is 30.6. The van der Waals surface area contributed by atoms with Crippen LogP contribution < -0.4 is 10.1 Å². The first kappa shape index (κ1) is 23.6. The fraction of sp³-hybridized carbons (Fsp3) is 0.241. The molecule has 2 heterocycles. The first-order valence-electron chi connectivity index (χ1n) is 12.1. The summed E-state index contributed by atoms with van der Waals surface area (Å²) in [5, 5.41) is 3.66. The van der Waals surface area contributed by atoms with Gasteiger partial charge in [-0.1, -0.05) is 54.6 Å². The predicted octanol–water partition coefficient (Wildman–Crippen LogP) is 4.58. The number of carbonyl (C=O) groups is 2. The lowest BCUT2D eigenvalue weighted by Gasteiger charge is -2.34. The number of furan rings is 1. The zero-order chi connectivity index (χ0) is 24.9. The molecule has 7 nitrogen and oxygen atoms in total. The van der Waals surface area contributed by atoms with Crippen LogP contribution in [0.25, 0.3) is 11.0 Å². The van der Waals surface area contributed by atoms with Crippen LogP contribution in [0.5, 0.6) is 5.75 Å². The number of piperazine rings is 1. The van der Waals surface area contributed by atoms with Crippen molar-refractivity contribution < 1.29 is 18.7 Å². The van der Waals surface area contributed by atoms with Gasteiger partial charge in [-0.3, -0.25) is 14.5 Å². The van der Waals surface area contributed by atoms with Crippen molar-refractivity contribution in [2.24, 2.45) is 0 Å². The van der Waals surface area contributed by atoms with Gasteiger partial charge in [0.05, 0.1) is 13.5 Å². The molecule has 2 amide bonds. The van der Waals surface area contributed by atoms with E-state index in [1.807, 2.05) is 66.7 Å². The average molecular weight is 484 g/mol. The molecular weight excluding hydrogens is 454 g/mol. The second-order valence-corrected chi connectivity index (χ2v) is 8.93. The molecule has 1 saturated heterocycles. The number of rotatable bonds is 7. The summed E-state index contributed by atoms with van der Waals surface area (Å²) < 4.78 is 11.2. The molecule has 0 saturated carbocycles. The Morgan fingerprint density at radius 3 is 2.28 bits per heavy atom. The SMILES string of the molecule is COc1ccc(CC(=O)Nc2c(C(=O)N3CCN(Cc4ccccc4)CC3)oc3ccccc23)cc1. The van der Waals surface area contributed by atoms with E-state index >= 15 is 0 Å². The predicted molar refractivity (Wildman–Crippen MR) is 139 cm³/mol. The number of hydrogen-bond acceptors (Lipinski definition) is 5. The maximum atomic E-state index is 13.5. The molecule has 1 aliphatic heterocycles. The number of fused-ring (bicyclic) bond motifs is 1. The molecule has 1 N–H and O–H groups in total. The Morgan fingerprint density at radius 2 is 1.56 bits per heavy atom. The van der Waals surface area contributed by atoms with Gasteiger partial charge in [0, 0.05) is 38.1 Å². The van der Waals surface area contributed by atoms with Crippen molar-refractivity contribution in [3.8, 4) is 5.75 Å². The van der Waals surface area contributed by atoms with E-state index in [0.29, 0.717) is 29.7 Å². The van der Waals surface area contributed by atoms with Gasteiger partial charge < -0.3 is 19.4 Å². The van der Waals surface area contributed by atoms with Crippen LogP contribution in [0.4, 0.5) is 5.69 Å². The normalized spacial score (nSPS) is 14.1. The number of nitrogens with one attached hydrogen (secondary N) is 1. The Labute approximate surface area is 210 Å². The smallest absolute Gasteiger partial charge is 0.291 e. The van der Waals surface area contributed by atoms with Gasteiger partial charge in [-0.2, -0.15) is 0 Å². The Morgan fingerprint density at radius 1 is 0.861 bits per heavy atom. The summed E-state index contributed by atoms with van der Waals surface area (Å²) in [6, 6.07) is 25.1. The molecule has 1 aliphatic rings. The lowest BCUT2D eigenvalue weighted by atomic mass is 10.1. The highest BCUT2D eigenvalue weighted by atomic mass is 16.5. The molecule has 0 radical (unpaired) electrons. The van der Waals surface area contributed by atoms with E-state index in [4.69, 9.17) is 9.15 Å². The highest BCUT2D eigenvalue weighted by Crippen LogP contribution is 2.32. The number of nitrogens with zero attached hydrogens (tertiary/aromatic N) is 2. The highest BCUT2D eigenvalue weighted by molar-refractivity contribution is 6.11. The van der Waals surface area contributed by atoms with E-state index in [1.54, 1.807) is 12.0 Å². The van der Waals surface area contributed by atoms with Gasteiger partial charge in [-0.05, 0) is 35.4 Å². The van der Waals surface area contributed by atoms with E-state index in [0.717, 1.165) is 30.9 Å². The van der Waals surface area contributed by atoms with E-state index in [9.17, 15) is 9.59 Å². The lowest BCUT2D eigenvalue weighted by molar-refractivity contribution is -0.115. The molecular formula is C29H29N3O4. The van der Waals surface area contributed by atoms with Crippen LogP contribution in [0, 0.1) is 0 Å². The molecule has 0 atom stereocenters. The third kappa shape index (κ3) is 5.26. The van der Waals surface area contributed by atoms with Gasteiger partial charge in [-0.25, -0.2) is 0 Å². The minimum Gasteiger partial charge on any atom is -0.497 e. The van der Waals surface area contributed by atoms with Crippen LogP contribution in [0.15, 0.2) is 83.3 Å². The van der Waals surface area contributed by atoms with Gasteiger partial charge in [0.25, 0.3) is 5.91 Å². The van der Waals surface area contributed by atoms with Crippen LogP contribution in [0.3, 0.4) is 0 Å². The molecule has 4 aromatic rings. The fourth-order valence-electron chi connectivity index (χ4n) is 4.53. The monoisotopic (exact) mass is 483 g/mol. The fourth-order valence-corrected chi connectivity index (χ4v) is 4.53. The first-order chi connectivity index (χ1) is 17.6. The molecule has 0 aliphatic carbocycles. The van der Waals surface area contributed by atoms with Gasteiger partial charge in [0.15, 0.2) is 0 Å². The second kappa shape index (κ2) is 10.7. The number of anilines is 1. The zero-order valence-electron chi connectivity index (χ0n) is 20.3. The van der Waals surface area contributed by atoms with Crippen molar-refractivity contribution in [2.75, 3.05) is 38.6 Å². The van der Waals surface area contributed by atoms with Gasteiger partial charge in [0.1, 0.15) is 17.0 Å². The molecule has 7 heteroatoms. The summed E-state index contributed by atoms with van der Waals surface area (Å²) in [5.74, 6) is 0.492. The van der Waals surface area contributed by atoms with Crippen molar-refractivity contribution in [3.05, 3.63) is 95.7 Å². The zero-order valence-corrected chi connectivity index (χ0v) is 20.3. The van der Waals surface area contributed by atoms with Crippen molar-refractivity contribution in [3.63, 3.8) is 0 Å². The molecule has 0 unspecified atom stereocenters. The summed E-state index contributed by atoms with van der Waals surface area (Å²) >= 11 is 0. The minimum absolute atomic E-state index is 0.176. The summed E-state index contributed by atoms with van der Waals surface area (Å²) in [5.41, 5.74) is 3.11. The summed E-state index contributed by atoms with van der Waals surface area (Å²) in [6.07, 6.45) is 0.176. The Hall–Kier alpha value is -4.10. The number of para-hydroxylation sites is 1. The van der Waals surface area contributed by atoms with Gasteiger partial charge >= 0.3 is 0 Å². The largest absolute Gasteiger partial charge is 0.497 e. The number of amides is 2. The molecule has 36 heavy (non-hydrogen) atoms. The number of ether oxygens (including phenoxy) is 1.